The number of aliphatic hydroxyl groups is 3. The van der Waals surface area contributed by atoms with E-state index < -0.39 is 6.10 Å². The minimum Gasteiger partial charge on any atom is -0.512 e. The van der Waals surface area contributed by atoms with Gasteiger partial charge in [-0.2, -0.15) is 0 Å². The summed E-state index contributed by atoms with van der Waals surface area (Å²) in [6, 6.07) is 0. The van der Waals surface area contributed by atoms with E-state index in [1.807, 2.05) is 0 Å². The van der Waals surface area contributed by atoms with Crippen LogP contribution in [0.4, 0.5) is 0 Å². The van der Waals surface area contributed by atoms with E-state index in [-0.39, 0.29) is 17.4 Å². The van der Waals surface area contributed by atoms with Crippen molar-refractivity contribution in [3.63, 3.8) is 0 Å². The van der Waals surface area contributed by atoms with Crippen LogP contribution in [0.1, 0.15) is 6.92 Å². The van der Waals surface area contributed by atoms with E-state index in [1.54, 1.807) is 6.92 Å². The lowest BCUT2D eigenvalue weighted by molar-refractivity contribution is 0.141. The predicted molar refractivity (Wildman–Crippen MR) is 36.6 cm³/mol. The fraction of sp³-hybridized carbons (Fsp3) is 0.429. The van der Waals surface area contributed by atoms with Crippen LogP contribution in [0, 0.1) is 5.92 Å². The number of hydrogen-bond donors (Lipinski definition) is 3. The van der Waals surface area contributed by atoms with E-state index in [9.17, 15) is 0 Å². The predicted octanol–water partition coefficient (Wildman–Crippen LogP) is 0.881. The molecular formula is C7H10O3. The van der Waals surface area contributed by atoms with Gasteiger partial charge in [0.25, 0.3) is 0 Å². The molecule has 2 unspecified atom stereocenters. The molecule has 3 N–H and O–H groups in total. The molecule has 0 aliphatic heterocycles. The monoisotopic (exact) mass is 142 g/mol. The smallest absolute Gasteiger partial charge is 0.117 e. The Hall–Kier alpha value is -0.960. The molecule has 0 bridgehead atoms. The summed E-state index contributed by atoms with van der Waals surface area (Å²) in [6.07, 6.45) is 1.76. The molecule has 1 aliphatic rings. The summed E-state index contributed by atoms with van der Waals surface area (Å²) in [5, 5.41) is 26.9. The molecule has 0 aromatic rings. The largest absolute Gasteiger partial charge is 0.512 e. The van der Waals surface area contributed by atoms with Gasteiger partial charge in [0.15, 0.2) is 0 Å². The SMILES string of the molecule is CC1C(O)=CC(O)=CC1O. The zero-order valence-electron chi connectivity index (χ0n) is 5.65. The van der Waals surface area contributed by atoms with Crippen molar-refractivity contribution >= 4 is 0 Å². The van der Waals surface area contributed by atoms with Gasteiger partial charge in [-0.1, -0.05) is 6.92 Å². The topological polar surface area (TPSA) is 60.7 Å². The van der Waals surface area contributed by atoms with Gasteiger partial charge >= 0.3 is 0 Å². The van der Waals surface area contributed by atoms with Crippen LogP contribution >= 0.6 is 0 Å². The summed E-state index contributed by atoms with van der Waals surface area (Å²) in [5.41, 5.74) is 0. The normalized spacial score (nSPS) is 33.0. The lowest BCUT2D eigenvalue weighted by atomic mass is 9.97. The molecular weight excluding hydrogens is 132 g/mol. The second kappa shape index (κ2) is 2.34. The summed E-state index contributed by atoms with van der Waals surface area (Å²) >= 11 is 0. The maximum Gasteiger partial charge on any atom is 0.117 e. The maximum atomic E-state index is 9.08. The molecule has 0 heterocycles. The molecule has 1 rings (SSSR count). The first-order valence-corrected chi connectivity index (χ1v) is 3.10. The van der Waals surface area contributed by atoms with Gasteiger partial charge in [0.1, 0.15) is 11.5 Å². The zero-order valence-corrected chi connectivity index (χ0v) is 5.65. The van der Waals surface area contributed by atoms with Crippen molar-refractivity contribution in [2.75, 3.05) is 0 Å². The number of allylic oxidation sites excluding steroid dienone is 1. The van der Waals surface area contributed by atoms with Crippen molar-refractivity contribution in [3.8, 4) is 0 Å². The molecule has 0 fully saturated rings. The van der Waals surface area contributed by atoms with Gasteiger partial charge in [0.05, 0.1) is 6.10 Å². The molecule has 10 heavy (non-hydrogen) atoms. The standard InChI is InChI=1S/C7H10O3/c1-4-6(9)2-5(8)3-7(4)10/h2-4,6,8-10H,1H3. The Morgan fingerprint density at radius 3 is 2.50 bits per heavy atom. The van der Waals surface area contributed by atoms with Crippen molar-refractivity contribution in [1.29, 1.82) is 0 Å². The van der Waals surface area contributed by atoms with Crippen LogP contribution in [0.3, 0.4) is 0 Å². The fourth-order valence-electron chi connectivity index (χ4n) is 0.825. The highest BCUT2D eigenvalue weighted by Crippen LogP contribution is 2.20. The van der Waals surface area contributed by atoms with Gasteiger partial charge in [-0.05, 0) is 6.08 Å². The van der Waals surface area contributed by atoms with Crippen molar-refractivity contribution in [3.05, 3.63) is 23.7 Å². The summed E-state index contributed by atoms with van der Waals surface area (Å²) in [6.45, 7) is 1.68. The summed E-state index contributed by atoms with van der Waals surface area (Å²) in [4.78, 5) is 0. The third-order valence-corrected chi connectivity index (χ3v) is 1.62. The van der Waals surface area contributed by atoms with Gasteiger partial charge in [0.2, 0.25) is 0 Å². The molecule has 3 nitrogen and oxygen atoms in total. The van der Waals surface area contributed by atoms with Gasteiger partial charge in [-0.3, -0.25) is 0 Å². The first-order valence-electron chi connectivity index (χ1n) is 3.10. The molecule has 0 spiro atoms. The Labute approximate surface area is 58.9 Å². The summed E-state index contributed by atoms with van der Waals surface area (Å²) < 4.78 is 0. The Bertz CT molecular complexity index is 193. The van der Waals surface area contributed by atoms with Crippen LogP contribution in [-0.4, -0.2) is 21.4 Å². The quantitative estimate of drug-likeness (QED) is 0.470. The molecule has 0 saturated heterocycles. The first-order chi connectivity index (χ1) is 4.61. The molecule has 56 valence electrons. The minimum atomic E-state index is -0.773. The van der Waals surface area contributed by atoms with Crippen molar-refractivity contribution in [2.24, 2.45) is 5.92 Å². The number of rotatable bonds is 0. The second-order valence-corrected chi connectivity index (χ2v) is 2.44. The summed E-state index contributed by atoms with van der Waals surface area (Å²) in [7, 11) is 0. The molecule has 0 aromatic carbocycles. The van der Waals surface area contributed by atoms with Crippen LogP contribution in [-0.2, 0) is 0 Å². The van der Waals surface area contributed by atoms with Gasteiger partial charge in [-0.25, -0.2) is 0 Å². The molecule has 0 aromatic heterocycles. The van der Waals surface area contributed by atoms with Crippen LogP contribution in [0.25, 0.3) is 0 Å². The molecule has 3 heteroatoms. The van der Waals surface area contributed by atoms with Crippen LogP contribution in [0.15, 0.2) is 23.7 Å². The van der Waals surface area contributed by atoms with E-state index in [1.165, 1.54) is 12.2 Å². The van der Waals surface area contributed by atoms with Crippen LogP contribution in [0.2, 0.25) is 0 Å². The molecule has 1 aliphatic carbocycles. The van der Waals surface area contributed by atoms with Gasteiger partial charge in [0, 0.05) is 12.0 Å². The highest BCUT2D eigenvalue weighted by molar-refractivity contribution is 5.23. The fourth-order valence-corrected chi connectivity index (χ4v) is 0.825. The zero-order chi connectivity index (χ0) is 7.72. The lowest BCUT2D eigenvalue weighted by Gasteiger charge is -2.18. The van der Waals surface area contributed by atoms with E-state index in [0.717, 1.165) is 0 Å². The van der Waals surface area contributed by atoms with Crippen LogP contribution < -0.4 is 0 Å². The molecule has 0 radical (unpaired) electrons. The third-order valence-electron chi connectivity index (χ3n) is 1.62. The second-order valence-electron chi connectivity index (χ2n) is 2.44. The Kier molecular flexibility index (Phi) is 1.68. The average molecular weight is 142 g/mol. The van der Waals surface area contributed by atoms with Crippen molar-refractivity contribution in [1.82, 2.24) is 0 Å². The molecule has 0 saturated carbocycles. The minimum absolute atomic E-state index is 0.0208. The Morgan fingerprint density at radius 1 is 1.40 bits per heavy atom. The average Bonchev–Trinajstić information content (AvgIpc) is 1.82. The highest BCUT2D eigenvalue weighted by Gasteiger charge is 2.20. The lowest BCUT2D eigenvalue weighted by Crippen LogP contribution is -2.20. The van der Waals surface area contributed by atoms with E-state index >= 15 is 0 Å². The van der Waals surface area contributed by atoms with E-state index in [2.05, 4.69) is 0 Å². The summed E-state index contributed by atoms with van der Waals surface area (Å²) in [5.74, 6) is -0.369. The molecule has 0 amide bonds. The first kappa shape index (κ1) is 7.15. The third kappa shape index (κ3) is 1.14. The van der Waals surface area contributed by atoms with Gasteiger partial charge in [-0.15, -0.1) is 0 Å². The Morgan fingerprint density at radius 2 is 2.00 bits per heavy atom. The maximum absolute atomic E-state index is 9.08. The molecule has 2 atom stereocenters. The number of hydrogen-bond acceptors (Lipinski definition) is 3. The van der Waals surface area contributed by atoms with E-state index in [0.29, 0.717) is 0 Å². The highest BCUT2D eigenvalue weighted by atomic mass is 16.3. The van der Waals surface area contributed by atoms with E-state index in [4.69, 9.17) is 15.3 Å². The van der Waals surface area contributed by atoms with Crippen molar-refractivity contribution in [2.45, 2.75) is 13.0 Å². The van der Waals surface area contributed by atoms with Gasteiger partial charge < -0.3 is 15.3 Å². The van der Waals surface area contributed by atoms with Crippen molar-refractivity contribution < 1.29 is 15.3 Å². The van der Waals surface area contributed by atoms with Crippen LogP contribution in [0.5, 0.6) is 0 Å². The number of aliphatic hydroxyl groups excluding tert-OH is 3. The Balaban J connectivity index is 2.85.